The first-order valence-electron chi connectivity index (χ1n) is 5.56. The van der Waals surface area contributed by atoms with Crippen LogP contribution >= 0.6 is 23.4 Å². The number of hydrogen-bond donors (Lipinski definition) is 2. The molecule has 0 atom stereocenters. The second kappa shape index (κ2) is 5.99. The zero-order valence-electron chi connectivity index (χ0n) is 10.3. The van der Waals surface area contributed by atoms with Crippen molar-refractivity contribution in [2.75, 3.05) is 7.11 Å². The Bertz CT molecular complexity index is 616. The summed E-state index contributed by atoms with van der Waals surface area (Å²) in [5, 5.41) is 7.96. The zero-order chi connectivity index (χ0) is 13.8. The number of nitrogen functional groups attached to an aromatic ring is 1. The van der Waals surface area contributed by atoms with Crippen molar-refractivity contribution in [3.05, 3.63) is 53.1 Å². The number of amidine groups is 1. The van der Waals surface area contributed by atoms with Crippen molar-refractivity contribution in [2.45, 2.75) is 9.79 Å². The molecule has 0 spiro atoms. The third kappa shape index (κ3) is 3.43. The van der Waals surface area contributed by atoms with Crippen LogP contribution in [0.15, 0.2) is 52.3 Å². The molecule has 0 aliphatic carbocycles. The van der Waals surface area contributed by atoms with Gasteiger partial charge in [0, 0.05) is 15.4 Å². The summed E-state index contributed by atoms with van der Waals surface area (Å²) in [4.78, 5) is 1.96. The molecule has 0 bridgehead atoms. The van der Waals surface area contributed by atoms with Gasteiger partial charge in [-0.25, -0.2) is 0 Å². The summed E-state index contributed by atoms with van der Waals surface area (Å²) in [6.45, 7) is 0. The minimum Gasteiger partial charge on any atom is -0.497 e. The van der Waals surface area contributed by atoms with E-state index in [2.05, 4.69) is 0 Å². The van der Waals surface area contributed by atoms with E-state index in [1.807, 2.05) is 30.3 Å². The number of benzene rings is 2. The second-order valence-electron chi connectivity index (χ2n) is 3.84. The average Bonchev–Trinajstić information content (AvgIpc) is 2.41. The predicted molar refractivity (Wildman–Crippen MR) is 79.6 cm³/mol. The smallest absolute Gasteiger partial charge is 0.122 e. The Labute approximate surface area is 121 Å². The SMILES string of the molecule is COc1cccc(Sc2ccc(C(=N)N)cc2Cl)c1. The van der Waals surface area contributed by atoms with E-state index in [1.54, 1.807) is 31.0 Å². The van der Waals surface area contributed by atoms with Crippen LogP contribution in [0.3, 0.4) is 0 Å². The molecule has 0 unspecified atom stereocenters. The lowest BCUT2D eigenvalue weighted by Gasteiger charge is -2.07. The van der Waals surface area contributed by atoms with Crippen molar-refractivity contribution >= 4 is 29.2 Å². The molecule has 0 heterocycles. The fraction of sp³-hybridized carbons (Fsp3) is 0.0714. The van der Waals surface area contributed by atoms with Gasteiger partial charge in [0.05, 0.1) is 12.1 Å². The maximum absolute atomic E-state index is 7.37. The lowest BCUT2D eigenvalue weighted by molar-refractivity contribution is 0.413. The molecule has 2 aromatic carbocycles. The Morgan fingerprint density at radius 3 is 2.68 bits per heavy atom. The van der Waals surface area contributed by atoms with Crippen LogP contribution in [0, 0.1) is 5.41 Å². The van der Waals surface area contributed by atoms with Crippen molar-refractivity contribution in [2.24, 2.45) is 5.73 Å². The summed E-state index contributed by atoms with van der Waals surface area (Å²) < 4.78 is 5.18. The molecule has 19 heavy (non-hydrogen) atoms. The first-order chi connectivity index (χ1) is 9.10. The van der Waals surface area contributed by atoms with Gasteiger partial charge in [0.1, 0.15) is 11.6 Å². The summed E-state index contributed by atoms with van der Waals surface area (Å²) in [6, 6.07) is 13.1. The highest BCUT2D eigenvalue weighted by atomic mass is 35.5. The van der Waals surface area contributed by atoms with E-state index in [9.17, 15) is 0 Å². The molecule has 0 aliphatic rings. The Morgan fingerprint density at radius 1 is 1.26 bits per heavy atom. The first kappa shape index (κ1) is 13.8. The molecule has 0 saturated carbocycles. The minimum absolute atomic E-state index is 0.0137. The van der Waals surface area contributed by atoms with Crippen molar-refractivity contribution < 1.29 is 4.74 Å². The molecule has 0 fully saturated rings. The topological polar surface area (TPSA) is 59.1 Å². The Kier molecular flexibility index (Phi) is 4.35. The molecule has 2 aromatic rings. The van der Waals surface area contributed by atoms with Crippen molar-refractivity contribution in [3.63, 3.8) is 0 Å². The van der Waals surface area contributed by atoms with Gasteiger partial charge in [-0.1, -0.05) is 35.5 Å². The van der Waals surface area contributed by atoms with Gasteiger partial charge in [-0.15, -0.1) is 0 Å². The first-order valence-corrected chi connectivity index (χ1v) is 6.75. The fourth-order valence-corrected chi connectivity index (χ4v) is 2.71. The lowest BCUT2D eigenvalue weighted by Crippen LogP contribution is -2.10. The molecule has 2 rings (SSSR count). The van der Waals surface area contributed by atoms with Crippen LogP contribution in [0.5, 0.6) is 5.75 Å². The second-order valence-corrected chi connectivity index (χ2v) is 5.36. The molecule has 0 amide bonds. The molecule has 0 aliphatic heterocycles. The van der Waals surface area contributed by atoms with Gasteiger partial charge in [-0.2, -0.15) is 0 Å². The number of hydrogen-bond acceptors (Lipinski definition) is 3. The maximum Gasteiger partial charge on any atom is 0.122 e. The number of ether oxygens (including phenoxy) is 1. The summed E-state index contributed by atoms with van der Waals surface area (Å²) in [7, 11) is 1.64. The molecule has 5 heteroatoms. The standard InChI is InChI=1S/C14H13ClN2OS/c1-18-10-3-2-4-11(8-10)19-13-6-5-9(14(16)17)7-12(13)15/h2-8H,1H3,(H3,16,17). The fourth-order valence-electron chi connectivity index (χ4n) is 1.54. The van der Waals surface area contributed by atoms with E-state index >= 15 is 0 Å². The predicted octanol–water partition coefficient (Wildman–Crippen LogP) is 3.78. The Balaban J connectivity index is 2.25. The van der Waals surface area contributed by atoms with E-state index in [4.69, 9.17) is 27.5 Å². The third-order valence-electron chi connectivity index (χ3n) is 2.51. The van der Waals surface area contributed by atoms with E-state index in [0.29, 0.717) is 10.6 Å². The quantitative estimate of drug-likeness (QED) is 0.666. The van der Waals surface area contributed by atoms with Crippen LogP contribution in [-0.2, 0) is 0 Å². The van der Waals surface area contributed by atoms with Crippen molar-refractivity contribution in [1.82, 2.24) is 0 Å². The highest BCUT2D eigenvalue weighted by molar-refractivity contribution is 7.99. The molecule has 0 aromatic heterocycles. The lowest BCUT2D eigenvalue weighted by atomic mass is 10.2. The summed E-state index contributed by atoms with van der Waals surface area (Å²) in [6.07, 6.45) is 0. The van der Waals surface area contributed by atoms with Crippen LogP contribution in [-0.4, -0.2) is 12.9 Å². The molecule has 98 valence electrons. The number of methoxy groups -OCH3 is 1. The van der Waals surface area contributed by atoms with Crippen LogP contribution in [0.4, 0.5) is 0 Å². The van der Waals surface area contributed by atoms with E-state index < -0.39 is 0 Å². The summed E-state index contributed by atoms with van der Waals surface area (Å²) in [5.74, 6) is 0.821. The van der Waals surface area contributed by atoms with Gasteiger partial charge in [0.15, 0.2) is 0 Å². The van der Waals surface area contributed by atoms with Gasteiger partial charge < -0.3 is 10.5 Å². The van der Waals surface area contributed by atoms with Crippen LogP contribution in [0.25, 0.3) is 0 Å². The maximum atomic E-state index is 7.37. The highest BCUT2D eigenvalue weighted by Gasteiger charge is 2.06. The van der Waals surface area contributed by atoms with Crippen LogP contribution in [0.2, 0.25) is 5.02 Å². The van der Waals surface area contributed by atoms with E-state index in [-0.39, 0.29) is 5.84 Å². The normalized spacial score (nSPS) is 10.2. The van der Waals surface area contributed by atoms with Crippen molar-refractivity contribution in [3.8, 4) is 5.75 Å². The van der Waals surface area contributed by atoms with Gasteiger partial charge >= 0.3 is 0 Å². The third-order valence-corrected chi connectivity index (χ3v) is 4.00. The number of nitrogens with one attached hydrogen (secondary N) is 1. The van der Waals surface area contributed by atoms with E-state index in [0.717, 1.165) is 15.5 Å². The van der Waals surface area contributed by atoms with Gasteiger partial charge in [0.2, 0.25) is 0 Å². The Morgan fingerprint density at radius 2 is 2.05 bits per heavy atom. The van der Waals surface area contributed by atoms with Gasteiger partial charge in [0.25, 0.3) is 0 Å². The molecule has 3 nitrogen and oxygen atoms in total. The summed E-state index contributed by atoms with van der Waals surface area (Å²) in [5.41, 5.74) is 6.05. The number of halogens is 1. The minimum atomic E-state index is 0.0137. The highest BCUT2D eigenvalue weighted by Crippen LogP contribution is 2.35. The molecule has 0 radical (unpaired) electrons. The molecule has 0 saturated heterocycles. The molecule has 3 N–H and O–H groups in total. The monoisotopic (exact) mass is 292 g/mol. The van der Waals surface area contributed by atoms with Crippen LogP contribution in [0.1, 0.15) is 5.56 Å². The molecular weight excluding hydrogens is 280 g/mol. The van der Waals surface area contributed by atoms with Gasteiger partial charge in [-0.3, -0.25) is 5.41 Å². The Hall–Kier alpha value is -1.65. The number of nitrogens with two attached hydrogens (primary N) is 1. The largest absolute Gasteiger partial charge is 0.497 e. The van der Waals surface area contributed by atoms with Gasteiger partial charge in [-0.05, 0) is 30.3 Å². The number of rotatable bonds is 4. The summed E-state index contributed by atoms with van der Waals surface area (Å²) >= 11 is 7.73. The average molecular weight is 293 g/mol. The van der Waals surface area contributed by atoms with E-state index in [1.165, 1.54) is 0 Å². The molecular formula is C14H13ClN2OS. The van der Waals surface area contributed by atoms with Crippen LogP contribution < -0.4 is 10.5 Å². The zero-order valence-corrected chi connectivity index (χ0v) is 11.9. The van der Waals surface area contributed by atoms with Crippen molar-refractivity contribution in [1.29, 1.82) is 5.41 Å².